The minimum atomic E-state index is -0.225. The molecule has 0 fully saturated rings. The topological polar surface area (TPSA) is 89.5 Å². The van der Waals surface area contributed by atoms with Gasteiger partial charge in [0.2, 0.25) is 5.91 Å². The number of nitrogens with zero attached hydrogens (tertiary/aromatic N) is 1. The summed E-state index contributed by atoms with van der Waals surface area (Å²) in [4.78, 5) is 30.4. The molecule has 0 saturated heterocycles. The Hall–Kier alpha value is -3.56. The normalized spacial score (nSPS) is 11.9. The van der Waals surface area contributed by atoms with Crippen molar-refractivity contribution < 1.29 is 19.1 Å². The Kier molecular flexibility index (Phi) is 9.71. The summed E-state index contributed by atoms with van der Waals surface area (Å²) in [7, 11) is 3.23. The summed E-state index contributed by atoms with van der Waals surface area (Å²) in [6.07, 6.45) is 0.926. The minimum Gasteiger partial charge on any atom is -0.497 e. The molecule has 9 heteroatoms. The summed E-state index contributed by atoms with van der Waals surface area (Å²) in [6.45, 7) is 8.29. The Labute approximate surface area is 243 Å². The van der Waals surface area contributed by atoms with E-state index in [2.05, 4.69) is 29.5 Å². The monoisotopic (exact) mass is 577 g/mol. The van der Waals surface area contributed by atoms with Crippen molar-refractivity contribution >= 4 is 50.8 Å². The zero-order valence-electron chi connectivity index (χ0n) is 23.7. The summed E-state index contributed by atoms with van der Waals surface area (Å²) in [5, 5.41) is 6.03. The lowest BCUT2D eigenvalue weighted by Gasteiger charge is -2.16. The van der Waals surface area contributed by atoms with Gasteiger partial charge >= 0.3 is 0 Å². The van der Waals surface area contributed by atoms with Crippen molar-refractivity contribution in [1.82, 2.24) is 10.3 Å². The van der Waals surface area contributed by atoms with Crippen LogP contribution in [0.15, 0.2) is 58.9 Å². The molecule has 0 aliphatic rings. The fourth-order valence-corrected chi connectivity index (χ4v) is 6.38. The van der Waals surface area contributed by atoms with Gasteiger partial charge in [0.25, 0.3) is 5.91 Å². The molecule has 0 radical (unpaired) electrons. The molecule has 2 N–H and O–H groups in total. The molecule has 3 aromatic carbocycles. The highest BCUT2D eigenvalue weighted by Crippen LogP contribution is 2.33. The molecule has 0 aliphatic heterocycles. The van der Waals surface area contributed by atoms with E-state index in [-0.39, 0.29) is 23.6 Å². The van der Waals surface area contributed by atoms with Crippen LogP contribution in [0.5, 0.6) is 11.5 Å². The molecular formula is C31H35N3O4S2. The Bertz CT molecular complexity index is 1500. The molecule has 210 valence electrons. The Balaban J connectivity index is 1.38. The molecule has 0 aliphatic carbocycles. The first-order valence-corrected chi connectivity index (χ1v) is 14.9. The third-order valence-electron chi connectivity index (χ3n) is 6.54. The average molecular weight is 578 g/mol. The second-order valence-electron chi connectivity index (χ2n) is 10.00. The van der Waals surface area contributed by atoms with Crippen LogP contribution in [-0.2, 0) is 11.2 Å². The maximum Gasteiger partial charge on any atom is 0.259 e. The van der Waals surface area contributed by atoms with Crippen LogP contribution in [0, 0.1) is 12.8 Å². The standard InChI is InChI=1S/C31H35N3O4S2/c1-18(2)15-22-9-13-25(29(38-6)19(22)3)30(36)33-23-10-14-26-27(16-23)40-31(34-26)39-17-28(35)32-20(4)21-7-11-24(37-5)12-8-21/h7-14,16,18,20H,15,17H2,1-6H3,(H,32,35)(H,33,36). The van der Waals surface area contributed by atoms with Crippen LogP contribution in [0.4, 0.5) is 5.69 Å². The van der Waals surface area contributed by atoms with E-state index in [0.29, 0.717) is 22.9 Å². The van der Waals surface area contributed by atoms with Crippen molar-refractivity contribution in [1.29, 1.82) is 0 Å². The first-order valence-electron chi connectivity index (χ1n) is 13.1. The van der Waals surface area contributed by atoms with Gasteiger partial charge in [-0.1, -0.05) is 43.8 Å². The number of thiazole rings is 1. The zero-order valence-corrected chi connectivity index (χ0v) is 25.3. The maximum absolute atomic E-state index is 13.2. The number of nitrogens with one attached hydrogen (secondary N) is 2. The number of carbonyl (C=O) groups excluding carboxylic acids is 2. The first-order chi connectivity index (χ1) is 19.2. The van der Waals surface area contributed by atoms with Crippen LogP contribution in [0.2, 0.25) is 0 Å². The quantitative estimate of drug-likeness (QED) is 0.186. The van der Waals surface area contributed by atoms with E-state index in [1.165, 1.54) is 28.7 Å². The first kappa shape index (κ1) is 29.4. The molecule has 4 aromatic rings. The number of aromatic nitrogens is 1. The molecule has 2 amide bonds. The van der Waals surface area contributed by atoms with Gasteiger partial charge in [0.05, 0.1) is 41.8 Å². The van der Waals surface area contributed by atoms with E-state index in [9.17, 15) is 9.59 Å². The highest BCUT2D eigenvalue weighted by atomic mass is 32.2. The fourth-order valence-electron chi connectivity index (χ4n) is 4.46. The number of amides is 2. The van der Waals surface area contributed by atoms with Crippen LogP contribution >= 0.6 is 23.1 Å². The molecule has 4 rings (SSSR count). The predicted octanol–water partition coefficient (Wildman–Crippen LogP) is 7.04. The molecule has 1 heterocycles. The van der Waals surface area contributed by atoms with E-state index in [0.717, 1.165) is 37.9 Å². The van der Waals surface area contributed by atoms with Crippen LogP contribution in [0.25, 0.3) is 10.2 Å². The van der Waals surface area contributed by atoms with Crippen LogP contribution in [-0.4, -0.2) is 36.8 Å². The molecule has 1 unspecified atom stereocenters. The van der Waals surface area contributed by atoms with Crippen LogP contribution < -0.4 is 20.1 Å². The van der Waals surface area contributed by atoms with Crippen molar-refractivity contribution in [3.8, 4) is 11.5 Å². The summed E-state index contributed by atoms with van der Waals surface area (Å²) in [5.41, 5.74) is 5.18. The third-order valence-corrected chi connectivity index (χ3v) is 8.70. The number of ether oxygens (including phenoxy) is 2. The van der Waals surface area contributed by atoms with Crippen LogP contribution in [0.1, 0.15) is 53.9 Å². The molecule has 0 spiro atoms. The number of thioether (sulfide) groups is 1. The van der Waals surface area contributed by atoms with Gasteiger partial charge in [0.1, 0.15) is 11.5 Å². The van der Waals surface area contributed by atoms with Gasteiger partial charge in [-0.05, 0) is 79.3 Å². The molecule has 7 nitrogen and oxygen atoms in total. The fraction of sp³-hybridized carbons (Fsp3) is 0.323. The van der Waals surface area contributed by atoms with Gasteiger partial charge in [-0.25, -0.2) is 4.98 Å². The number of rotatable bonds is 11. The predicted molar refractivity (Wildman–Crippen MR) is 164 cm³/mol. The van der Waals surface area contributed by atoms with Crippen molar-refractivity contribution in [3.63, 3.8) is 0 Å². The lowest BCUT2D eigenvalue weighted by molar-refractivity contribution is -0.119. The molecule has 0 bridgehead atoms. The summed E-state index contributed by atoms with van der Waals surface area (Å²) < 4.78 is 12.5. The van der Waals surface area contributed by atoms with E-state index < -0.39 is 0 Å². The lowest BCUT2D eigenvalue weighted by atomic mass is 9.95. The van der Waals surface area contributed by atoms with Crippen LogP contribution in [0.3, 0.4) is 0 Å². The molecular weight excluding hydrogens is 542 g/mol. The summed E-state index contributed by atoms with van der Waals surface area (Å²) >= 11 is 2.89. The Morgan fingerprint density at radius 1 is 1.00 bits per heavy atom. The lowest BCUT2D eigenvalue weighted by Crippen LogP contribution is -2.28. The largest absolute Gasteiger partial charge is 0.497 e. The van der Waals surface area contributed by atoms with Gasteiger partial charge in [-0.2, -0.15) is 0 Å². The van der Waals surface area contributed by atoms with Crippen molar-refractivity contribution in [2.45, 2.75) is 44.5 Å². The molecule has 40 heavy (non-hydrogen) atoms. The molecule has 1 aromatic heterocycles. The van der Waals surface area contributed by atoms with E-state index in [4.69, 9.17) is 9.47 Å². The smallest absolute Gasteiger partial charge is 0.259 e. The SMILES string of the molecule is COc1ccc(C(C)NC(=O)CSc2nc3ccc(NC(=O)c4ccc(CC(C)C)c(C)c4OC)cc3s2)cc1. The molecule has 1 atom stereocenters. The van der Waals surface area contributed by atoms with Gasteiger partial charge < -0.3 is 20.1 Å². The van der Waals surface area contributed by atoms with E-state index >= 15 is 0 Å². The summed E-state index contributed by atoms with van der Waals surface area (Å²) in [6, 6.07) is 17.0. The van der Waals surface area contributed by atoms with E-state index in [1.807, 2.05) is 68.4 Å². The van der Waals surface area contributed by atoms with Crippen molar-refractivity contribution in [2.24, 2.45) is 5.92 Å². The highest BCUT2D eigenvalue weighted by Gasteiger charge is 2.18. The number of anilines is 1. The highest BCUT2D eigenvalue weighted by molar-refractivity contribution is 8.01. The van der Waals surface area contributed by atoms with Gasteiger partial charge in [-0.3, -0.25) is 9.59 Å². The zero-order chi connectivity index (χ0) is 28.8. The number of carbonyl (C=O) groups is 2. The second-order valence-corrected chi connectivity index (χ2v) is 12.2. The number of methoxy groups -OCH3 is 2. The van der Waals surface area contributed by atoms with Crippen molar-refractivity contribution in [3.05, 3.63) is 76.9 Å². The van der Waals surface area contributed by atoms with Crippen molar-refractivity contribution in [2.75, 3.05) is 25.3 Å². The summed E-state index contributed by atoms with van der Waals surface area (Å²) in [5.74, 6) is 1.86. The third kappa shape index (κ3) is 7.14. The van der Waals surface area contributed by atoms with Gasteiger partial charge in [0, 0.05) is 5.69 Å². The van der Waals surface area contributed by atoms with Gasteiger partial charge in [-0.15, -0.1) is 11.3 Å². The number of fused-ring (bicyclic) bond motifs is 1. The number of hydrogen-bond acceptors (Lipinski definition) is 7. The maximum atomic E-state index is 13.2. The Morgan fingerprint density at radius 2 is 1.75 bits per heavy atom. The average Bonchev–Trinajstić information content (AvgIpc) is 3.35. The minimum absolute atomic E-state index is 0.0656. The molecule has 0 saturated carbocycles. The van der Waals surface area contributed by atoms with Gasteiger partial charge in [0.15, 0.2) is 4.34 Å². The number of hydrogen-bond donors (Lipinski definition) is 2. The second kappa shape index (κ2) is 13.2. The number of benzene rings is 3. The van der Waals surface area contributed by atoms with E-state index in [1.54, 1.807) is 14.2 Å². The Morgan fingerprint density at radius 3 is 2.42 bits per heavy atom.